The van der Waals surface area contributed by atoms with E-state index in [2.05, 4.69) is 15.4 Å². The largest absolute Gasteiger partial charge is 0.494 e. The van der Waals surface area contributed by atoms with E-state index in [1.54, 1.807) is 25.1 Å². The van der Waals surface area contributed by atoms with E-state index in [0.29, 0.717) is 59.9 Å². The molecule has 0 spiro atoms. The summed E-state index contributed by atoms with van der Waals surface area (Å²) >= 11 is 0. The van der Waals surface area contributed by atoms with Gasteiger partial charge in [-0.3, -0.25) is 19.1 Å². The van der Waals surface area contributed by atoms with E-state index in [0.717, 1.165) is 0 Å². The van der Waals surface area contributed by atoms with Crippen molar-refractivity contribution in [3.63, 3.8) is 0 Å². The number of pyridine rings is 1. The number of aromatic nitrogens is 1. The summed E-state index contributed by atoms with van der Waals surface area (Å²) in [5.74, 6) is -3.16. The number of rotatable bonds is 10. The van der Waals surface area contributed by atoms with Crippen molar-refractivity contribution in [3.8, 4) is 28.6 Å². The second-order valence-electron chi connectivity index (χ2n) is 16.9. The Balaban J connectivity index is 1.25. The summed E-state index contributed by atoms with van der Waals surface area (Å²) in [4.78, 5) is 61.1. The average molecular weight is 850 g/mol. The van der Waals surface area contributed by atoms with Crippen molar-refractivity contribution in [3.05, 3.63) is 60.4 Å². The topological polar surface area (TPSA) is 203 Å². The van der Waals surface area contributed by atoms with Gasteiger partial charge in [-0.2, -0.15) is 0 Å². The Morgan fingerprint density at radius 3 is 2.47 bits per heavy atom. The van der Waals surface area contributed by atoms with Crippen LogP contribution >= 0.6 is 0 Å². The number of amides is 4. The highest BCUT2D eigenvalue weighted by atomic mass is 32.2. The number of carbonyl (C=O) groups excluding carboxylic acids is 3. The number of hydrogen-bond acceptors (Lipinski definition) is 10. The van der Waals surface area contributed by atoms with Gasteiger partial charge in [0, 0.05) is 23.3 Å². The molecule has 0 bridgehead atoms. The first-order chi connectivity index (χ1) is 28.5. The number of halogens is 1. The van der Waals surface area contributed by atoms with Gasteiger partial charge >= 0.3 is 6.09 Å². The number of fused-ring (bicyclic) bond motifs is 3. The highest BCUT2D eigenvalue weighted by Crippen LogP contribution is 2.46. The number of ether oxygens (including phenoxy) is 3. The van der Waals surface area contributed by atoms with Gasteiger partial charge in [0.25, 0.3) is 5.91 Å². The van der Waals surface area contributed by atoms with Crippen molar-refractivity contribution >= 4 is 44.6 Å². The lowest BCUT2D eigenvalue weighted by Gasteiger charge is -2.32. The van der Waals surface area contributed by atoms with Crippen molar-refractivity contribution in [2.75, 3.05) is 13.7 Å². The minimum absolute atomic E-state index is 0.00292. The molecule has 322 valence electrons. The van der Waals surface area contributed by atoms with Crippen molar-refractivity contribution in [1.29, 1.82) is 0 Å². The van der Waals surface area contributed by atoms with Crippen LogP contribution in [0.15, 0.2) is 54.6 Å². The molecular formula is C43H52FN5O10S. The van der Waals surface area contributed by atoms with Gasteiger partial charge in [0.1, 0.15) is 29.5 Å². The molecule has 4 N–H and O–H groups in total. The number of hydrogen-bond donors (Lipinski definition) is 4. The first kappa shape index (κ1) is 42.7. The van der Waals surface area contributed by atoms with Gasteiger partial charge in [-0.25, -0.2) is 22.6 Å². The number of nitrogens with zero attached hydrogens (tertiary/aromatic N) is 2. The number of benzene rings is 2. The summed E-state index contributed by atoms with van der Waals surface area (Å²) in [5, 5.41) is 15.2. The average Bonchev–Trinajstić information content (AvgIpc) is 4.12. The quantitative estimate of drug-likeness (QED) is 0.193. The zero-order chi connectivity index (χ0) is 43.1. The maximum Gasteiger partial charge on any atom is 0.405 e. The van der Waals surface area contributed by atoms with Crippen LogP contribution in [0.2, 0.25) is 0 Å². The molecule has 2 aliphatic carbocycles. The standard InChI is InChI=1S/C43H52FN5O10S/c1-23(2)58-29-12-10-26(11-13-29)34-17-27-18-36(57-5)33(44)20-32(27)39(45-34)59-30-19-35-38(50)47-43(41(52)48-60(55,56)31-14-15-31)21-28(43)9-7-6-8-24(3)16-25(4)37(46-42(53)54)40(51)49(35)22-30/h7,9-13,17-18,20,23-25,28,30-31,35,37,46H,6,8,14-16,19,21-22H2,1-5H3,(H,47,50)(H,48,52)(H,53,54)/b9-7-/t24-,25-,28-,30-,35+,37+,43-/m1/s1. The van der Waals surface area contributed by atoms with E-state index in [-0.39, 0.29) is 43.0 Å². The number of sulfonamides is 1. The Bertz CT molecular complexity index is 2300. The molecule has 7 atom stereocenters. The highest BCUT2D eigenvalue weighted by molar-refractivity contribution is 7.91. The Kier molecular flexibility index (Phi) is 12.0. The number of nitrogens with one attached hydrogen (secondary N) is 3. The fraction of sp³-hybridized carbons (Fsp3) is 0.512. The Hall–Kier alpha value is -5.45. The minimum Gasteiger partial charge on any atom is -0.494 e. The van der Waals surface area contributed by atoms with E-state index >= 15 is 4.39 Å². The van der Waals surface area contributed by atoms with Gasteiger partial charge in [-0.05, 0) is 112 Å². The smallest absolute Gasteiger partial charge is 0.405 e. The highest BCUT2D eigenvalue weighted by Gasteiger charge is 2.62. The zero-order valence-corrected chi connectivity index (χ0v) is 35.1. The zero-order valence-electron chi connectivity index (χ0n) is 34.3. The number of methoxy groups -OCH3 is 1. The predicted octanol–water partition coefficient (Wildman–Crippen LogP) is 5.32. The molecule has 15 nitrogen and oxygen atoms in total. The molecule has 0 unspecified atom stereocenters. The third kappa shape index (κ3) is 9.15. The second-order valence-corrected chi connectivity index (χ2v) is 18.9. The van der Waals surface area contributed by atoms with Crippen LogP contribution < -0.4 is 29.6 Å². The molecule has 2 aromatic carbocycles. The van der Waals surface area contributed by atoms with Gasteiger partial charge in [0.2, 0.25) is 27.7 Å². The molecule has 60 heavy (non-hydrogen) atoms. The summed E-state index contributed by atoms with van der Waals surface area (Å²) in [5.41, 5.74) is -0.431. The van der Waals surface area contributed by atoms with Crippen LogP contribution in [0.1, 0.15) is 72.6 Å². The van der Waals surface area contributed by atoms with Crippen molar-refractivity contribution in [2.24, 2.45) is 17.8 Å². The molecule has 3 fully saturated rings. The Morgan fingerprint density at radius 1 is 1.07 bits per heavy atom. The first-order valence-corrected chi connectivity index (χ1v) is 22.0. The van der Waals surface area contributed by atoms with E-state index in [1.165, 1.54) is 24.1 Å². The molecule has 0 radical (unpaired) electrons. The molecular weight excluding hydrogens is 798 g/mol. The van der Waals surface area contributed by atoms with Crippen molar-refractivity contribution in [2.45, 2.75) is 108 Å². The monoisotopic (exact) mass is 849 g/mol. The van der Waals surface area contributed by atoms with Crippen molar-refractivity contribution < 1.29 is 51.3 Å². The summed E-state index contributed by atoms with van der Waals surface area (Å²) < 4.78 is 60.9. The molecule has 2 saturated carbocycles. The molecule has 4 amide bonds. The fourth-order valence-corrected chi connectivity index (χ4v) is 9.75. The van der Waals surface area contributed by atoms with Crippen LogP contribution in [0.5, 0.6) is 17.4 Å². The third-order valence-electron chi connectivity index (χ3n) is 11.8. The molecule has 17 heteroatoms. The number of carboxylic acid groups (broad SMARTS) is 1. The Labute approximate surface area is 348 Å². The van der Waals surface area contributed by atoms with Crippen LogP contribution in [0.25, 0.3) is 22.0 Å². The Morgan fingerprint density at radius 2 is 1.80 bits per heavy atom. The SMILES string of the molecule is COc1cc2cc(-c3ccc(OC(C)C)cc3)nc(O[C@@H]3C[C@H]4C(=O)N[C@]5(C(=O)NS(=O)(=O)C6CC6)C[C@H]5/C=C\CC[C@@H](C)C[C@@H](C)[C@H](NC(=O)O)C(=O)N4C3)c2cc1F. The van der Waals surface area contributed by atoms with Gasteiger partial charge in [0.05, 0.1) is 30.7 Å². The van der Waals surface area contributed by atoms with E-state index < -0.39 is 80.5 Å². The normalized spacial score (nSPS) is 27.8. The van der Waals surface area contributed by atoms with E-state index in [9.17, 15) is 32.7 Å². The summed E-state index contributed by atoms with van der Waals surface area (Å²) in [7, 11) is -2.61. The molecule has 7 rings (SSSR count). The van der Waals surface area contributed by atoms with E-state index in [4.69, 9.17) is 19.2 Å². The van der Waals surface area contributed by atoms with Gasteiger partial charge < -0.3 is 34.9 Å². The van der Waals surface area contributed by atoms with Crippen LogP contribution in [-0.2, 0) is 24.4 Å². The van der Waals surface area contributed by atoms with Crippen LogP contribution in [0.4, 0.5) is 9.18 Å². The lowest BCUT2D eigenvalue weighted by Crippen LogP contribution is -2.59. The van der Waals surface area contributed by atoms with Crippen LogP contribution in [-0.4, -0.2) is 96.0 Å². The van der Waals surface area contributed by atoms with Crippen LogP contribution in [0.3, 0.4) is 0 Å². The summed E-state index contributed by atoms with van der Waals surface area (Å²) in [6.07, 6.45) is 4.05. The minimum atomic E-state index is -3.96. The maximum absolute atomic E-state index is 15.3. The fourth-order valence-electron chi connectivity index (χ4n) is 8.38. The van der Waals surface area contributed by atoms with Gasteiger partial charge in [-0.15, -0.1) is 0 Å². The third-order valence-corrected chi connectivity index (χ3v) is 13.6. The number of carbonyl (C=O) groups is 4. The molecule has 1 saturated heterocycles. The van der Waals surface area contributed by atoms with Crippen molar-refractivity contribution in [1.82, 2.24) is 25.2 Å². The number of allylic oxidation sites excluding steroid dienone is 1. The molecule has 3 aromatic rings. The second kappa shape index (κ2) is 16.9. The molecule has 1 aromatic heterocycles. The first-order valence-electron chi connectivity index (χ1n) is 20.4. The molecule has 2 aliphatic heterocycles. The van der Waals surface area contributed by atoms with E-state index in [1.807, 2.05) is 45.1 Å². The lowest BCUT2D eigenvalue weighted by molar-refractivity contribution is -0.142. The van der Waals surface area contributed by atoms with Crippen LogP contribution in [0, 0.1) is 23.6 Å². The predicted molar refractivity (Wildman–Crippen MR) is 219 cm³/mol. The lowest BCUT2D eigenvalue weighted by atomic mass is 9.88. The van der Waals surface area contributed by atoms with Gasteiger partial charge in [0.15, 0.2) is 11.6 Å². The summed E-state index contributed by atoms with van der Waals surface area (Å²) in [6, 6.07) is 9.27. The maximum atomic E-state index is 15.3. The summed E-state index contributed by atoms with van der Waals surface area (Å²) in [6.45, 7) is 7.43. The molecule has 3 heterocycles. The molecule has 4 aliphatic rings. The van der Waals surface area contributed by atoms with Gasteiger partial charge in [-0.1, -0.05) is 26.0 Å².